The van der Waals surface area contributed by atoms with E-state index in [0.717, 1.165) is 10.1 Å². The molecule has 1 aliphatic rings. The van der Waals surface area contributed by atoms with Crippen molar-refractivity contribution in [3.8, 4) is 0 Å². The summed E-state index contributed by atoms with van der Waals surface area (Å²) >= 11 is 8.28. The summed E-state index contributed by atoms with van der Waals surface area (Å²) < 4.78 is 0.976. The Morgan fingerprint density at radius 2 is 2.05 bits per heavy atom. The van der Waals surface area contributed by atoms with Crippen LogP contribution < -0.4 is 0 Å². The summed E-state index contributed by atoms with van der Waals surface area (Å²) in [7, 11) is 0. The van der Waals surface area contributed by atoms with Crippen LogP contribution in [-0.2, 0) is 0 Å². The van der Waals surface area contributed by atoms with Crippen molar-refractivity contribution in [2.24, 2.45) is 11.8 Å². The Balaban J connectivity index is 2.24. The largest absolute Gasteiger partial charge is 0.335 e. The highest BCUT2D eigenvalue weighted by Gasteiger charge is 2.32. The number of likely N-dealkylation sites (tertiary alicyclic amines) is 1. The summed E-state index contributed by atoms with van der Waals surface area (Å²) in [6, 6.07) is 5.84. The van der Waals surface area contributed by atoms with Gasteiger partial charge in [-0.25, -0.2) is 0 Å². The number of carbonyl (C=O) groups is 1. The molecule has 1 saturated heterocycles. The van der Waals surface area contributed by atoms with Crippen LogP contribution in [0, 0.1) is 15.4 Å². The van der Waals surface area contributed by atoms with Crippen LogP contribution in [0.4, 0.5) is 0 Å². The lowest BCUT2D eigenvalue weighted by Gasteiger charge is -2.41. The molecule has 0 radical (unpaired) electrons. The van der Waals surface area contributed by atoms with Crippen molar-refractivity contribution >= 4 is 40.1 Å². The molecule has 1 amide bonds. The summed E-state index contributed by atoms with van der Waals surface area (Å²) in [5.74, 6) is 1.21. The van der Waals surface area contributed by atoms with Crippen LogP contribution in [-0.4, -0.2) is 23.4 Å². The summed E-state index contributed by atoms with van der Waals surface area (Å²) in [4.78, 5) is 14.6. The van der Waals surface area contributed by atoms with E-state index in [-0.39, 0.29) is 5.91 Å². The van der Waals surface area contributed by atoms with E-state index in [4.69, 9.17) is 11.6 Å². The van der Waals surface area contributed by atoms with Gasteiger partial charge in [0.2, 0.25) is 0 Å². The summed E-state index contributed by atoms with van der Waals surface area (Å²) in [5.41, 5.74) is 0.693. The topological polar surface area (TPSA) is 20.3 Å². The molecule has 0 aromatic heterocycles. The molecule has 0 bridgehead atoms. The van der Waals surface area contributed by atoms with Gasteiger partial charge in [-0.2, -0.15) is 0 Å². The third-order valence-electron chi connectivity index (χ3n) is 4.03. The van der Waals surface area contributed by atoms with E-state index in [9.17, 15) is 4.79 Å². The van der Waals surface area contributed by atoms with Gasteiger partial charge in [-0.05, 0) is 66.0 Å². The van der Waals surface area contributed by atoms with Gasteiger partial charge in [0.15, 0.2) is 0 Å². The molecule has 0 spiro atoms. The fourth-order valence-corrected chi connectivity index (χ4v) is 3.29. The minimum absolute atomic E-state index is 0.101. The van der Waals surface area contributed by atoms with E-state index in [1.165, 1.54) is 6.42 Å². The Morgan fingerprint density at radius 1 is 1.37 bits per heavy atom. The molecule has 1 aliphatic heterocycles. The van der Waals surface area contributed by atoms with Crippen molar-refractivity contribution in [3.05, 3.63) is 32.4 Å². The first-order valence-corrected chi connectivity index (χ1v) is 8.11. The molecule has 1 aromatic carbocycles. The van der Waals surface area contributed by atoms with Gasteiger partial charge in [-0.15, -0.1) is 0 Å². The molecule has 2 rings (SSSR count). The summed E-state index contributed by atoms with van der Waals surface area (Å²) in [6.45, 7) is 7.42. The highest BCUT2D eigenvalue weighted by atomic mass is 127. The number of benzene rings is 1. The zero-order chi connectivity index (χ0) is 14.2. The van der Waals surface area contributed by atoms with Gasteiger partial charge >= 0.3 is 0 Å². The average Bonchev–Trinajstić information content (AvgIpc) is 2.36. The molecule has 3 unspecified atom stereocenters. The first-order valence-electron chi connectivity index (χ1n) is 6.66. The fourth-order valence-electron chi connectivity index (χ4n) is 2.78. The standard InChI is InChI=1S/C15H19ClINO/c1-9-6-10(2)11(3)18(8-9)15(19)12-4-5-14(17)13(16)7-12/h4-5,7,9-11H,6,8H2,1-3H3. The highest BCUT2D eigenvalue weighted by Crippen LogP contribution is 2.29. The second kappa shape index (κ2) is 6.00. The van der Waals surface area contributed by atoms with E-state index in [1.54, 1.807) is 6.07 Å². The van der Waals surface area contributed by atoms with Gasteiger partial charge in [-0.3, -0.25) is 4.79 Å². The monoisotopic (exact) mass is 391 g/mol. The van der Waals surface area contributed by atoms with Gasteiger partial charge in [0.05, 0.1) is 5.02 Å². The predicted octanol–water partition coefficient (Wildman–Crippen LogP) is 4.45. The van der Waals surface area contributed by atoms with Crippen LogP contribution in [0.1, 0.15) is 37.6 Å². The van der Waals surface area contributed by atoms with Crippen molar-refractivity contribution in [3.63, 3.8) is 0 Å². The zero-order valence-electron chi connectivity index (χ0n) is 11.5. The maximum atomic E-state index is 12.6. The number of rotatable bonds is 1. The number of carbonyl (C=O) groups excluding carboxylic acids is 1. The van der Waals surface area contributed by atoms with Crippen LogP contribution in [0.5, 0.6) is 0 Å². The van der Waals surface area contributed by atoms with E-state index < -0.39 is 0 Å². The second-order valence-electron chi connectivity index (χ2n) is 5.65. The van der Waals surface area contributed by atoms with Gasteiger partial charge < -0.3 is 4.90 Å². The quantitative estimate of drug-likeness (QED) is 0.648. The molecule has 19 heavy (non-hydrogen) atoms. The molecule has 1 heterocycles. The summed E-state index contributed by atoms with van der Waals surface area (Å²) in [5, 5.41) is 0.650. The maximum Gasteiger partial charge on any atom is 0.254 e. The lowest BCUT2D eigenvalue weighted by molar-refractivity contribution is 0.0455. The lowest BCUT2D eigenvalue weighted by atomic mass is 9.85. The normalized spacial score (nSPS) is 27.4. The molecule has 4 heteroatoms. The molecule has 3 atom stereocenters. The fraction of sp³-hybridized carbons (Fsp3) is 0.533. The van der Waals surface area contributed by atoms with Crippen molar-refractivity contribution in [2.45, 2.75) is 33.2 Å². The van der Waals surface area contributed by atoms with Gasteiger partial charge in [0, 0.05) is 21.7 Å². The van der Waals surface area contributed by atoms with Gasteiger partial charge in [0.25, 0.3) is 5.91 Å². The van der Waals surface area contributed by atoms with Crippen molar-refractivity contribution < 1.29 is 4.79 Å². The molecule has 1 aromatic rings. The minimum Gasteiger partial charge on any atom is -0.335 e. The predicted molar refractivity (Wildman–Crippen MR) is 87.6 cm³/mol. The molecular formula is C15H19ClINO. The van der Waals surface area contributed by atoms with Crippen LogP contribution >= 0.6 is 34.2 Å². The number of hydrogen-bond donors (Lipinski definition) is 0. The number of hydrogen-bond acceptors (Lipinski definition) is 1. The third kappa shape index (κ3) is 3.24. The van der Waals surface area contributed by atoms with Crippen LogP contribution in [0.3, 0.4) is 0 Å². The molecule has 2 nitrogen and oxygen atoms in total. The van der Waals surface area contributed by atoms with Crippen molar-refractivity contribution in [1.82, 2.24) is 4.90 Å². The van der Waals surface area contributed by atoms with E-state index >= 15 is 0 Å². The molecule has 1 fully saturated rings. The van der Waals surface area contributed by atoms with E-state index in [1.807, 2.05) is 17.0 Å². The molecule has 104 valence electrons. The molecule has 0 aliphatic carbocycles. The molecule has 0 saturated carbocycles. The average molecular weight is 392 g/mol. The van der Waals surface area contributed by atoms with Crippen LogP contribution in [0.15, 0.2) is 18.2 Å². The number of halogens is 2. The van der Waals surface area contributed by atoms with Crippen molar-refractivity contribution in [2.75, 3.05) is 6.54 Å². The smallest absolute Gasteiger partial charge is 0.254 e. The van der Waals surface area contributed by atoms with Crippen LogP contribution in [0.2, 0.25) is 5.02 Å². The zero-order valence-corrected chi connectivity index (χ0v) is 14.4. The molecular weight excluding hydrogens is 373 g/mol. The van der Waals surface area contributed by atoms with Gasteiger partial charge in [0.1, 0.15) is 0 Å². The number of nitrogens with zero attached hydrogens (tertiary/aromatic N) is 1. The number of amides is 1. The maximum absolute atomic E-state index is 12.6. The van der Waals surface area contributed by atoms with Crippen LogP contribution in [0.25, 0.3) is 0 Å². The Labute approximate surface area is 133 Å². The Hall–Kier alpha value is -0.290. The first kappa shape index (κ1) is 15.1. The highest BCUT2D eigenvalue weighted by molar-refractivity contribution is 14.1. The second-order valence-corrected chi connectivity index (χ2v) is 7.21. The minimum atomic E-state index is 0.101. The van der Waals surface area contributed by atoms with Gasteiger partial charge in [-0.1, -0.05) is 25.4 Å². The van der Waals surface area contributed by atoms with E-state index in [2.05, 4.69) is 43.4 Å². The number of piperidine rings is 1. The first-order chi connectivity index (χ1) is 8.90. The Morgan fingerprint density at radius 3 is 2.68 bits per heavy atom. The third-order valence-corrected chi connectivity index (χ3v) is 5.60. The Bertz CT molecular complexity index is 491. The SMILES string of the molecule is CC1CC(C)C(C)N(C(=O)c2ccc(I)c(Cl)c2)C1. The summed E-state index contributed by atoms with van der Waals surface area (Å²) in [6.07, 6.45) is 1.19. The molecule has 0 N–H and O–H groups in total. The Kier molecular flexibility index (Phi) is 4.77. The van der Waals surface area contributed by atoms with E-state index in [0.29, 0.717) is 28.5 Å². The van der Waals surface area contributed by atoms with Crippen molar-refractivity contribution in [1.29, 1.82) is 0 Å². The lowest BCUT2D eigenvalue weighted by Crippen LogP contribution is -2.48.